The highest BCUT2D eigenvalue weighted by Gasteiger charge is 2.22. The van der Waals surface area contributed by atoms with E-state index in [9.17, 15) is 4.39 Å². The van der Waals surface area contributed by atoms with Crippen molar-refractivity contribution < 1.29 is 4.39 Å². The quantitative estimate of drug-likeness (QED) is 0.664. The average Bonchev–Trinajstić information content (AvgIpc) is 1.86. The molecule has 0 amide bonds. The van der Waals surface area contributed by atoms with Crippen LogP contribution in [0.3, 0.4) is 0 Å². The van der Waals surface area contributed by atoms with E-state index in [1.807, 2.05) is 0 Å². The van der Waals surface area contributed by atoms with Gasteiger partial charge >= 0.3 is 0 Å². The van der Waals surface area contributed by atoms with Gasteiger partial charge in [0.25, 0.3) is 0 Å². The van der Waals surface area contributed by atoms with Crippen molar-refractivity contribution in [2.75, 3.05) is 0 Å². The van der Waals surface area contributed by atoms with Gasteiger partial charge in [-0.1, -0.05) is 28.1 Å². The minimum absolute atomic E-state index is 0.542. The summed E-state index contributed by atoms with van der Waals surface area (Å²) in [6.45, 7) is 0. The largest absolute Gasteiger partial charge is 0.244 e. The highest BCUT2D eigenvalue weighted by Crippen LogP contribution is 2.39. The van der Waals surface area contributed by atoms with Crippen molar-refractivity contribution >= 4 is 47.8 Å². The molecule has 0 aliphatic heterocycles. The minimum atomic E-state index is -1.61. The van der Waals surface area contributed by atoms with Gasteiger partial charge in [0.1, 0.15) is 0 Å². The lowest BCUT2D eigenvalue weighted by atomic mass is 10.2. The van der Waals surface area contributed by atoms with Gasteiger partial charge in [-0.2, -0.15) is 0 Å². The number of alkyl halides is 3. The van der Waals surface area contributed by atoms with Crippen molar-refractivity contribution in [1.29, 1.82) is 0 Å². The molecule has 0 nitrogen and oxygen atoms in total. The summed E-state index contributed by atoms with van der Waals surface area (Å²) in [5, 5.41) is 0. The third-order valence-corrected chi connectivity index (χ3v) is 2.62. The molecule has 0 spiro atoms. The minimum Gasteiger partial charge on any atom is -0.213 e. The topological polar surface area (TPSA) is 0 Å². The van der Waals surface area contributed by atoms with Crippen molar-refractivity contribution in [2.24, 2.45) is 0 Å². The predicted molar refractivity (Wildman–Crippen MR) is 54.8 cm³/mol. The maximum atomic E-state index is 13.1. The lowest BCUT2D eigenvalue weighted by Crippen LogP contribution is -1.98. The molecule has 0 saturated heterocycles. The Morgan fingerprint density at radius 1 is 1.09 bits per heavy atom. The maximum Gasteiger partial charge on any atom is 0.244 e. The van der Waals surface area contributed by atoms with E-state index in [1.54, 1.807) is 24.3 Å². The summed E-state index contributed by atoms with van der Waals surface area (Å²) in [7, 11) is 0. The molecule has 1 aromatic rings. The SMILES string of the molecule is FC(Br)(Br)c1ccc(Br)cc1. The third-order valence-electron chi connectivity index (χ3n) is 1.17. The molecule has 0 aromatic heterocycles. The van der Waals surface area contributed by atoms with Gasteiger partial charge in [-0.05, 0) is 44.0 Å². The first-order chi connectivity index (χ1) is 5.00. The van der Waals surface area contributed by atoms with Crippen LogP contribution in [0.25, 0.3) is 0 Å². The lowest BCUT2D eigenvalue weighted by molar-refractivity contribution is 0.444. The Balaban J connectivity index is 2.99. The fourth-order valence-corrected chi connectivity index (χ4v) is 1.43. The van der Waals surface area contributed by atoms with Crippen molar-refractivity contribution in [2.45, 2.75) is 3.49 Å². The standard InChI is InChI=1S/C7H4Br3F/c8-6-3-1-5(2-4-6)7(9,10)11/h1-4H. The summed E-state index contributed by atoms with van der Waals surface area (Å²) in [5.74, 6) is 0. The molecule has 1 rings (SSSR count). The first kappa shape index (κ1) is 9.68. The van der Waals surface area contributed by atoms with Crippen LogP contribution in [0.15, 0.2) is 28.7 Å². The molecular weight excluding hydrogens is 343 g/mol. The van der Waals surface area contributed by atoms with Gasteiger partial charge in [0.15, 0.2) is 0 Å². The molecule has 1 aromatic carbocycles. The summed E-state index contributed by atoms with van der Waals surface area (Å²) in [6, 6.07) is 6.94. The highest BCUT2D eigenvalue weighted by molar-refractivity contribution is 9.24. The second-order valence-corrected chi connectivity index (χ2v) is 6.17. The monoisotopic (exact) mass is 344 g/mol. The molecule has 0 saturated carbocycles. The molecule has 0 fully saturated rings. The van der Waals surface area contributed by atoms with Crippen LogP contribution in [-0.4, -0.2) is 0 Å². The Bertz CT molecular complexity index is 237. The molecule has 0 aliphatic carbocycles. The Hall–Kier alpha value is 0.590. The summed E-state index contributed by atoms with van der Waals surface area (Å²) in [6.07, 6.45) is 0. The van der Waals surface area contributed by atoms with Crippen LogP contribution in [0, 0.1) is 0 Å². The van der Waals surface area contributed by atoms with E-state index >= 15 is 0 Å². The van der Waals surface area contributed by atoms with E-state index < -0.39 is 3.49 Å². The molecule has 0 atom stereocenters. The van der Waals surface area contributed by atoms with Crippen LogP contribution in [0.4, 0.5) is 4.39 Å². The summed E-state index contributed by atoms with van der Waals surface area (Å²) in [4.78, 5) is 0. The summed E-state index contributed by atoms with van der Waals surface area (Å²) >= 11 is 8.95. The summed E-state index contributed by atoms with van der Waals surface area (Å²) in [5.41, 5.74) is 0.542. The van der Waals surface area contributed by atoms with Gasteiger partial charge in [-0.15, -0.1) is 0 Å². The second kappa shape index (κ2) is 3.54. The van der Waals surface area contributed by atoms with Gasteiger partial charge in [-0.25, -0.2) is 4.39 Å². The normalized spacial score (nSPS) is 11.6. The fraction of sp³-hybridized carbons (Fsp3) is 0.143. The lowest BCUT2D eigenvalue weighted by Gasteiger charge is -2.09. The predicted octanol–water partition coefficient (Wildman–Crippen LogP) is 4.32. The Morgan fingerprint density at radius 2 is 1.55 bits per heavy atom. The van der Waals surface area contributed by atoms with Gasteiger partial charge in [-0.3, -0.25) is 0 Å². The number of hydrogen-bond donors (Lipinski definition) is 0. The van der Waals surface area contributed by atoms with Crippen LogP contribution < -0.4 is 0 Å². The zero-order valence-electron chi connectivity index (χ0n) is 5.32. The first-order valence-corrected chi connectivity index (χ1v) is 5.21. The van der Waals surface area contributed by atoms with E-state index in [0.29, 0.717) is 5.56 Å². The van der Waals surface area contributed by atoms with E-state index in [2.05, 4.69) is 47.8 Å². The van der Waals surface area contributed by atoms with E-state index in [-0.39, 0.29) is 0 Å². The Kier molecular flexibility index (Phi) is 3.11. The average molecular weight is 347 g/mol. The summed E-state index contributed by atoms with van der Waals surface area (Å²) < 4.78 is 12.4. The molecule has 0 heterocycles. The van der Waals surface area contributed by atoms with Gasteiger partial charge in [0, 0.05) is 10.0 Å². The molecule has 0 radical (unpaired) electrons. The molecule has 4 heteroatoms. The van der Waals surface area contributed by atoms with E-state index in [0.717, 1.165) is 4.47 Å². The van der Waals surface area contributed by atoms with Crippen LogP contribution in [0.1, 0.15) is 5.56 Å². The molecule has 11 heavy (non-hydrogen) atoms. The molecule has 0 aliphatic rings. The van der Waals surface area contributed by atoms with Gasteiger partial charge in [0.2, 0.25) is 3.49 Å². The number of benzene rings is 1. The van der Waals surface area contributed by atoms with Gasteiger partial charge in [0.05, 0.1) is 0 Å². The fourth-order valence-electron chi connectivity index (χ4n) is 0.639. The molecule has 0 N–H and O–H groups in total. The molecular formula is C7H4Br3F. The van der Waals surface area contributed by atoms with Crippen LogP contribution in [0.2, 0.25) is 0 Å². The van der Waals surface area contributed by atoms with Crippen molar-refractivity contribution in [3.05, 3.63) is 34.3 Å². The molecule has 0 unspecified atom stereocenters. The zero-order valence-corrected chi connectivity index (χ0v) is 10.1. The highest BCUT2D eigenvalue weighted by atomic mass is 79.9. The smallest absolute Gasteiger partial charge is 0.213 e. The van der Waals surface area contributed by atoms with Gasteiger partial charge < -0.3 is 0 Å². The van der Waals surface area contributed by atoms with Crippen molar-refractivity contribution in [3.63, 3.8) is 0 Å². The van der Waals surface area contributed by atoms with Crippen molar-refractivity contribution in [1.82, 2.24) is 0 Å². The second-order valence-electron chi connectivity index (χ2n) is 2.00. The van der Waals surface area contributed by atoms with E-state index in [1.165, 1.54) is 0 Å². The van der Waals surface area contributed by atoms with Crippen LogP contribution in [-0.2, 0) is 3.49 Å². The number of halogens is 4. The Morgan fingerprint density at radius 3 is 1.91 bits per heavy atom. The molecule has 60 valence electrons. The van der Waals surface area contributed by atoms with E-state index in [4.69, 9.17) is 0 Å². The molecule has 0 bridgehead atoms. The van der Waals surface area contributed by atoms with Crippen molar-refractivity contribution in [3.8, 4) is 0 Å². The number of hydrogen-bond acceptors (Lipinski definition) is 0. The first-order valence-electron chi connectivity index (χ1n) is 2.83. The maximum absolute atomic E-state index is 13.1. The number of rotatable bonds is 1. The van der Waals surface area contributed by atoms with Crippen LogP contribution >= 0.6 is 47.8 Å². The van der Waals surface area contributed by atoms with Crippen LogP contribution in [0.5, 0.6) is 0 Å². The zero-order chi connectivity index (χ0) is 8.48. The third kappa shape index (κ3) is 2.84. The Labute approximate surface area is 89.6 Å².